The van der Waals surface area contributed by atoms with Gasteiger partial charge < -0.3 is 10.1 Å². The SMILES string of the molecule is CCCNC(Cc1ccc(F)c(Br)c1)C(CC)(CC)OC. The third kappa shape index (κ3) is 4.76. The number of benzene rings is 1. The minimum absolute atomic E-state index is 0.184. The van der Waals surface area contributed by atoms with Crippen molar-refractivity contribution >= 4 is 15.9 Å². The lowest BCUT2D eigenvalue weighted by Crippen LogP contribution is -2.53. The van der Waals surface area contributed by atoms with Gasteiger partial charge in [0.1, 0.15) is 5.82 Å². The summed E-state index contributed by atoms with van der Waals surface area (Å²) in [6.07, 6.45) is 3.80. The first-order valence-electron chi connectivity index (χ1n) is 7.75. The van der Waals surface area contributed by atoms with Crippen molar-refractivity contribution in [2.45, 2.75) is 58.1 Å². The molecule has 0 saturated carbocycles. The van der Waals surface area contributed by atoms with Gasteiger partial charge in [-0.15, -0.1) is 0 Å². The molecule has 1 N–H and O–H groups in total. The van der Waals surface area contributed by atoms with E-state index in [1.807, 2.05) is 12.1 Å². The van der Waals surface area contributed by atoms with E-state index >= 15 is 0 Å². The van der Waals surface area contributed by atoms with E-state index in [0.717, 1.165) is 37.8 Å². The van der Waals surface area contributed by atoms with Gasteiger partial charge in [0.25, 0.3) is 0 Å². The van der Waals surface area contributed by atoms with Gasteiger partial charge in [0.15, 0.2) is 0 Å². The Morgan fingerprint density at radius 3 is 2.43 bits per heavy atom. The first kappa shape index (κ1) is 18.6. The molecule has 2 nitrogen and oxygen atoms in total. The molecular formula is C17H27BrFNO. The van der Waals surface area contributed by atoms with Crippen molar-refractivity contribution in [1.82, 2.24) is 5.32 Å². The third-order valence-corrected chi connectivity index (χ3v) is 4.91. The highest BCUT2D eigenvalue weighted by molar-refractivity contribution is 9.10. The second kappa shape index (κ2) is 8.86. The van der Waals surface area contributed by atoms with Crippen LogP contribution in [0.25, 0.3) is 0 Å². The van der Waals surface area contributed by atoms with Gasteiger partial charge in [-0.2, -0.15) is 0 Å². The molecule has 1 atom stereocenters. The van der Waals surface area contributed by atoms with Crippen LogP contribution >= 0.6 is 15.9 Å². The van der Waals surface area contributed by atoms with Gasteiger partial charge in [-0.05, 0) is 65.9 Å². The molecular weight excluding hydrogens is 333 g/mol. The van der Waals surface area contributed by atoms with Crippen molar-refractivity contribution in [1.29, 1.82) is 0 Å². The highest BCUT2D eigenvalue weighted by Crippen LogP contribution is 2.28. The molecule has 1 aromatic rings. The van der Waals surface area contributed by atoms with E-state index in [9.17, 15) is 4.39 Å². The molecule has 0 heterocycles. The average Bonchev–Trinajstić information content (AvgIpc) is 2.50. The molecule has 0 radical (unpaired) electrons. The fourth-order valence-electron chi connectivity index (χ4n) is 2.84. The molecule has 4 heteroatoms. The zero-order valence-corrected chi connectivity index (χ0v) is 15.1. The molecule has 0 aliphatic carbocycles. The fourth-order valence-corrected chi connectivity index (χ4v) is 3.26. The Balaban J connectivity index is 2.98. The first-order chi connectivity index (χ1) is 10.0. The van der Waals surface area contributed by atoms with E-state index in [-0.39, 0.29) is 17.5 Å². The summed E-state index contributed by atoms with van der Waals surface area (Å²) in [7, 11) is 1.79. The van der Waals surface area contributed by atoms with Crippen LogP contribution in [0.3, 0.4) is 0 Å². The second-order valence-corrected chi connectivity index (χ2v) is 6.29. The van der Waals surface area contributed by atoms with Crippen molar-refractivity contribution in [3.05, 3.63) is 34.1 Å². The monoisotopic (exact) mass is 359 g/mol. The largest absolute Gasteiger partial charge is 0.377 e. The lowest BCUT2D eigenvalue weighted by atomic mass is 9.84. The molecule has 1 rings (SSSR count). The van der Waals surface area contributed by atoms with Crippen LogP contribution in [0.15, 0.2) is 22.7 Å². The Hall–Kier alpha value is -0.450. The zero-order chi connectivity index (χ0) is 15.9. The number of halogens is 2. The smallest absolute Gasteiger partial charge is 0.137 e. The zero-order valence-electron chi connectivity index (χ0n) is 13.5. The summed E-state index contributed by atoms with van der Waals surface area (Å²) in [5.74, 6) is -0.221. The second-order valence-electron chi connectivity index (χ2n) is 5.44. The van der Waals surface area contributed by atoms with Gasteiger partial charge in [-0.1, -0.05) is 26.8 Å². The van der Waals surface area contributed by atoms with Crippen molar-refractivity contribution in [3.8, 4) is 0 Å². The summed E-state index contributed by atoms with van der Waals surface area (Å²) in [6.45, 7) is 7.44. The van der Waals surface area contributed by atoms with Crippen LogP contribution < -0.4 is 5.32 Å². The van der Waals surface area contributed by atoms with E-state index in [1.54, 1.807) is 7.11 Å². The number of nitrogens with one attached hydrogen (secondary N) is 1. The highest BCUT2D eigenvalue weighted by Gasteiger charge is 2.35. The van der Waals surface area contributed by atoms with Gasteiger partial charge in [-0.3, -0.25) is 0 Å². The summed E-state index contributed by atoms with van der Waals surface area (Å²) in [5.41, 5.74) is 0.927. The van der Waals surface area contributed by atoms with Crippen LogP contribution in [-0.2, 0) is 11.2 Å². The molecule has 0 amide bonds. The van der Waals surface area contributed by atoms with E-state index in [0.29, 0.717) is 4.47 Å². The first-order valence-corrected chi connectivity index (χ1v) is 8.54. The number of ether oxygens (including phenoxy) is 1. The van der Waals surface area contributed by atoms with E-state index < -0.39 is 0 Å². The fraction of sp³-hybridized carbons (Fsp3) is 0.647. The number of hydrogen-bond acceptors (Lipinski definition) is 2. The van der Waals surface area contributed by atoms with Gasteiger partial charge in [-0.25, -0.2) is 4.39 Å². The van der Waals surface area contributed by atoms with E-state index in [1.165, 1.54) is 6.07 Å². The van der Waals surface area contributed by atoms with Crippen LogP contribution in [0.2, 0.25) is 0 Å². The standard InChI is InChI=1S/C17H27BrFNO/c1-5-10-20-16(17(6-2,7-3)21-4)12-13-8-9-15(19)14(18)11-13/h8-9,11,16,20H,5-7,10,12H2,1-4H3. The van der Waals surface area contributed by atoms with Crippen molar-refractivity contribution in [2.75, 3.05) is 13.7 Å². The quantitative estimate of drug-likeness (QED) is 0.689. The predicted molar refractivity (Wildman–Crippen MR) is 90.2 cm³/mol. The van der Waals surface area contributed by atoms with Crippen LogP contribution in [0, 0.1) is 5.82 Å². The Morgan fingerprint density at radius 1 is 1.29 bits per heavy atom. The van der Waals surface area contributed by atoms with Crippen LogP contribution in [0.4, 0.5) is 4.39 Å². The maximum absolute atomic E-state index is 13.4. The Labute approximate surface area is 136 Å². The minimum Gasteiger partial charge on any atom is -0.377 e. The van der Waals surface area contributed by atoms with Crippen LogP contribution in [-0.4, -0.2) is 25.3 Å². The predicted octanol–water partition coefficient (Wildman–Crippen LogP) is 4.70. The Morgan fingerprint density at radius 2 is 1.95 bits per heavy atom. The average molecular weight is 360 g/mol. The molecule has 1 unspecified atom stereocenters. The van der Waals surface area contributed by atoms with Crippen LogP contribution in [0.5, 0.6) is 0 Å². The molecule has 0 aromatic heterocycles. The molecule has 0 bridgehead atoms. The lowest BCUT2D eigenvalue weighted by molar-refractivity contribution is -0.0471. The summed E-state index contributed by atoms with van der Waals surface area (Å²) in [4.78, 5) is 0. The summed E-state index contributed by atoms with van der Waals surface area (Å²) in [6, 6.07) is 5.45. The number of rotatable bonds is 9. The third-order valence-electron chi connectivity index (χ3n) is 4.30. The van der Waals surface area contributed by atoms with Gasteiger partial charge in [0.05, 0.1) is 10.1 Å². The molecule has 120 valence electrons. The van der Waals surface area contributed by atoms with E-state index in [2.05, 4.69) is 42.0 Å². The molecule has 1 aromatic carbocycles. The number of hydrogen-bond donors (Lipinski definition) is 1. The summed E-state index contributed by atoms with van der Waals surface area (Å²) < 4.78 is 19.8. The van der Waals surface area contributed by atoms with E-state index in [4.69, 9.17) is 4.74 Å². The van der Waals surface area contributed by atoms with Gasteiger partial charge >= 0.3 is 0 Å². The normalized spacial score (nSPS) is 13.4. The van der Waals surface area contributed by atoms with Gasteiger partial charge in [0, 0.05) is 13.2 Å². The molecule has 0 aliphatic heterocycles. The maximum Gasteiger partial charge on any atom is 0.137 e. The van der Waals surface area contributed by atoms with Gasteiger partial charge in [0.2, 0.25) is 0 Å². The van der Waals surface area contributed by atoms with Crippen LogP contribution in [0.1, 0.15) is 45.6 Å². The van der Waals surface area contributed by atoms with Crippen molar-refractivity contribution in [2.24, 2.45) is 0 Å². The molecule has 0 spiro atoms. The van der Waals surface area contributed by atoms with Crippen molar-refractivity contribution < 1.29 is 9.13 Å². The highest BCUT2D eigenvalue weighted by atomic mass is 79.9. The maximum atomic E-state index is 13.4. The topological polar surface area (TPSA) is 21.3 Å². The molecule has 0 aliphatic rings. The lowest BCUT2D eigenvalue weighted by Gasteiger charge is -2.39. The summed E-state index contributed by atoms with van der Waals surface area (Å²) >= 11 is 3.26. The summed E-state index contributed by atoms with van der Waals surface area (Å²) in [5, 5.41) is 3.61. The Bertz CT molecular complexity index is 427. The molecule has 0 saturated heterocycles. The van der Waals surface area contributed by atoms with Crippen molar-refractivity contribution in [3.63, 3.8) is 0 Å². The Kier molecular flexibility index (Phi) is 7.85. The molecule has 0 fully saturated rings. The number of methoxy groups -OCH3 is 1. The molecule has 21 heavy (non-hydrogen) atoms. The minimum atomic E-state index is -0.221.